The van der Waals surface area contributed by atoms with E-state index >= 15 is 0 Å². The van der Waals surface area contributed by atoms with Gasteiger partial charge in [-0.15, -0.1) is 11.3 Å². The summed E-state index contributed by atoms with van der Waals surface area (Å²) in [4.78, 5) is 0. The number of thiophene rings is 1. The Hall–Kier alpha value is -1.16. The third kappa shape index (κ3) is 0.881. The van der Waals surface area contributed by atoms with Gasteiger partial charge < -0.3 is 5.73 Å². The Bertz CT molecular complexity index is 436. The number of nitrogens with two attached hydrogens (primary N) is 1. The van der Waals surface area contributed by atoms with Gasteiger partial charge in [0.2, 0.25) is 0 Å². The molecule has 0 aliphatic rings. The highest BCUT2D eigenvalue weighted by Crippen LogP contribution is 2.30. The van der Waals surface area contributed by atoms with Gasteiger partial charge in [0.25, 0.3) is 0 Å². The van der Waals surface area contributed by atoms with Gasteiger partial charge in [-0.1, -0.05) is 0 Å². The Morgan fingerprint density at radius 3 is 2.83 bits per heavy atom. The molecule has 1 aromatic heterocycles. The van der Waals surface area contributed by atoms with Crippen LogP contribution in [0.1, 0.15) is 0 Å². The van der Waals surface area contributed by atoms with Gasteiger partial charge in [0, 0.05) is 11.5 Å². The fourth-order valence-corrected chi connectivity index (χ4v) is 1.92. The molecule has 0 aliphatic carbocycles. The largest absolute Gasteiger partial charge is 0.397 e. The van der Waals surface area contributed by atoms with Gasteiger partial charge in [-0.3, -0.25) is 0 Å². The molecule has 1 nitrogen and oxygen atoms in total. The SMILES string of the molecule is Nc1cc(F)c(F)c2ccsc12. The van der Waals surface area contributed by atoms with E-state index in [1.807, 2.05) is 0 Å². The second-order valence-corrected chi connectivity index (χ2v) is 3.34. The Morgan fingerprint density at radius 1 is 1.33 bits per heavy atom. The highest BCUT2D eigenvalue weighted by molar-refractivity contribution is 7.17. The predicted octanol–water partition coefficient (Wildman–Crippen LogP) is 2.76. The first-order valence-corrected chi connectivity index (χ1v) is 4.19. The highest BCUT2D eigenvalue weighted by Gasteiger charge is 2.10. The normalized spacial score (nSPS) is 10.8. The summed E-state index contributed by atoms with van der Waals surface area (Å²) in [6, 6.07) is 2.53. The van der Waals surface area contributed by atoms with E-state index in [-0.39, 0.29) is 5.39 Å². The van der Waals surface area contributed by atoms with Crippen LogP contribution in [0, 0.1) is 11.6 Å². The molecule has 4 heteroatoms. The lowest BCUT2D eigenvalue weighted by Gasteiger charge is -1.98. The monoisotopic (exact) mass is 185 g/mol. The van der Waals surface area contributed by atoms with Crippen molar-refractivity contribution in [1.82, 2.24) is 0 Å². The minimum Gasteiger partial charge on any atom is -0.397 e. The number of rotatable bonds is 0. The maximum atomic E-state index is 13.0. The molecule has 0 amide bonds. The molecule has 0 fully saturated rings. The van der Waals surface area contributed by atoms with Crippen molar-refractivity contribution in [2.75, 3.05) is 5.73 Å². The number of halogens is 2. The molecular weight excluding hydrogens is 180 g/mol. The molecular formula is C8H5F2NS. The van der Waals surface area contributed by atoms with Gasteiger partial charge in [0.15, 0.2) is 11.6 Å². The minimum absolute atomic E-state index is 0.262. The number of fused-ring (bicyclic) bond motifs is 1. The maximum Gasteiger partial charge on any atom is 0.167 e. The molecule has 2 N–H and O–H groups in total. The van der Waals surface area contributed by atoms with Crippen LogP contribution in [0.25, 0.3) is 10.1 Å². The highest BCUT2D eigenvalue weighted by atomic mass is 32.1. The van der Waals surface area contributed by atoms with Crippen molar-refractivity contribution >= 4 is 27.1 Å². The van der Waals surface area contributed by atoms with Crippen molar-refractivity contribution in [1.29, 1.82) is 0 Å². The fourth-order valence-electron chi connectivity index (χ4n) is 1.10. The third-order valence-corrected chi connectivity index (χ3v) is 2.62. The van der Waals surface area contributed by atoms with Crippen LogP contribution in [0.4, 0.5) is 14.5 Å². The molecule has 0 unspecified atom stereocenters. The molecule has 2 rings (SSSR count). The molecule has 2 aromatic rings. The summed E-state index contributed by atoms with van der Waals surface area (Å²) in [5.74, 6) is -1.71. The standard InChI is InChI=1S/C8H5F2NS/c9-5-3-6(11)8-4(7(5)10)1-2-12-8/h1-3H,11H2. The van der Waals surface area contributed by atoms with Crippen LogP contribution in [-0.4, -0.2) is 0 Å². The van der Waals surface area contributed by atoms with Gasteiger partial charge in [0.1, 0.15) is 0 Å². The summed E-state index contributed by atoms with van der Waals surface area (Å²) < 4.78 is 26.3. The molecule has 0 saturated heterocycles. The molecule has 0 spiro atoms. The lowest BCUT2D eigenvalue weighted by atomic mass is 10.2. The number of anilines is 1. The summed E-state index contributed by atoms with van der Waals surface area (Å²) in [5, 5.41) is 1.95. The number of nitrogen functional groups attached to an aromatic ring is 1. The van der Waals surface area contributed by atoms with Gasteiger partial charge in [0.05, 0.1) is 10.4 Å². The van der Waals surface area contributed by atoms with E-state index < -0.39 is 11.6 Å². The van der Waals surface area contributed by atoms with Crippen LogP contribution < -0.4 is 5.73 Å². The Morgan fingerprint density at radius 2 is 2.08 bits per heavy atom. The van der Waals surface area contributed by atoms with E-state index in [2.05, 4.69) is 0 Å². The van der Waals surface area contributed by atoms with Crippen molar-refractivity contribution in [2.24, 2.45) is 0 Å². The molecule has 1 heterocycles. The zero-order chi connectivity index (χ0) is 8.72. The lowest BCUT2D eigenvalue weighted by molar-refractivity contribution is 0.517. The van der Waals surface area contributed by atoms with Crippen molar-refractivity contribution in [3.05, 3.63) is 29.1 Å². The summed E-state index contributed by atoms with van der Waals surface area (Å²) in [6.07, 6.45) is 0. The Balaban J connectivity index is 2.97. The molecule has 0 bridgehead atoms. The average Bonchev–Trinajstić information content (AvgIpc) is 2.48. The van der Waals surface area contributed by atoms with E-state index in [1.165, 1.54) is 17.4 Å². The third-order valence-electron chi connectivity index (χ3n) is 1.66. The fraction of sp³-hybridized carbons (Fsp3) is 0. The van der Waals surface area contributed by atoms with Gasteiger partial charge in [-0.05, 0) is 11.4 Å². The van der Waals surface area contributed by atoms with Crippen LogP contribution in [0.3, 0.4) is 0 Å². The first-order valence-electron chi connectivity index (χ1n) is 3.31. The van der Waals surface area contributed by atoms with Crippen LogP contribution >= 0.6 is 11.3 Å². The molecule has 12 heavy (non-hydrogen) atoms. The smallest absolute Gasteiger partial charge is 0.167 e. The van der Waals surface area contributed by atoms with Crippen LogP contribution in [0.5, 0.6) is 0 Å². The van der Waals surface area contributed by atoms with Crippen molar-refractivity contribution in [2.45, 2.75) is 0 Å². The summed E-state index contributed by atoms with van der Waals surface area (Å²) in [7, 11) is 0. The topological polar surface area (TPSA) is 26.0 Å². The molecule has 0 aliphatic heterocycles. The number of hydrogen-bond donors (Lipinski definition) is 1. The lowest BCUT2D eigenvalue weighted by Crippen LogP contribution is -1.90. The van der Waals surface area contributed by atoms with Gasteiger partial charge in [-0.25, -0.2) is 8.78 Å². The first-order chi connectivity index (χ1) is 5.70. The molecule has 0 saturated carbocycles. The first kappa shape index (κ1) is 7.49. The van der Waals surface area contributed by atoms with Gasteiger partial charge >= 0.3 is 0 Å². The molecule has 1 aromatic carbocycles. The van der Waals surface area contributed by atoms with Gasteiger partial charge in [-0.2, -0.15) is 0 Å². The second kappa shape index (κ2) is 2.42. The molecule has 0 atom stereocenters. The van der Waals surface area contributed by atoms with E-state index in [1.54, 1.807) is 5.38 Å². The predicted molar refractivity (Wildman–Crippen MR) is 46.2 cm³/mol. The Kier molecular flexibility index (Phi) is 1.51. The summed E-state index contributed by atoms with van der Waals surface area (Å²) in [6.45, 7) is 0. The van der Waals surface area contributed by atoms with E-state index in [9.17, 15) is 8.78 Å². The van der Waals surface area contributed by atoms with E-state index in [0.29, 0.717) is 10.4 Å². The second-order valence-electron chi connectivity index (χ2n) is 2.42. The van der Waals surface area contributed by atoms with E-state index in [0.717, 1.165) is 6.07 Å². The zero-order valence-corrected chi connectivity index (χ0v) is 6.79. The molecule has 0 radical (unpaired) electrons. The quantitative estimate of drug-likeness (QED) is 0.627. The van der Waals surface area contributed by atoms with Crippen LogP contribution in [0.2, 0.25) is 0 Å². The number of benzene rings is 1. The zero-order valence-electron chi connectivity index (χ0n) is 5.97. The Labute approximate surface area is 71.4 Å². The number of hydrogen-bond acceptors (Lipinski definition) is 2. The maximum absolute atomic E-state index is 13.0. The van der Waals surface area contributed by atoms with Crippen LogP contribution in [0.15, 0.2) is 17.5 Å². The van der Waals surface area contributed by atoms with Crippen LogP contribution in [-0.2, 0) is 0 Å². The van der Waals surface area contributed by atoms with Crippen molar-refractivity contribution in [3.8, 4) is 0 Å². The van der Waals surface area contributed by atoms with E-state index in [4.69, 9.17) is 5.73 Å². The minimum atomic E-state index is -0.890. The summed E-state index contributed by atoms with van der Waals surface area (Å²) in [5.41, 5.74) is 5.76. The molecule has 62 valence electrons. The van der Waals surface area contributed by atoms with Crippen molar-refractivity contribution in [3.63, 3.8) is 0 Å². The summed E-state index contributed by atoms with van der Waals surface area (Å²) >= 11 is 1.31. The average molecular weight is 185 g/mol. The van der Waals surface area contributed by atoms with Crippen molar-refractivity contribution < 1.29 is 8.78 Å².